The number of ether oxygens (including phenoxy) is 3. The molecule has 0 saturated carbocycles. The van der Waals surface area contributed by atoms with Gasteiger partial charge in [-0.15, -0.1) is 0 Å². The van der Waals surface area contributed by atoms with Gasteiger partial charge in [0, 0.05) is 6.07 Å². The Kier molecular flexibility index (Phi) is 4.88. The molecule has 0 atom stereocenters. The summed E-state index contributed by atoms with van der Waals surface area (Å²) in [6, 6.07) is 7.69. The van der Waals surface area contributed by atoms with E-state index in [-0.39, 0.29) is 11.3 Å². The number of methoxy groups -OCH3 is 3. The highest BCUT2D eigenvalue weighted by molar-refractivity contribution is 5.83. The molecule has 1 aromatic heterocycles. The normalized spacial score (nSPS) is 11.1. The number of nitrogens with zero attached hydrogens (tertiary/aromatic N) is 1. The van der Waals surface area contributed by atoms with Crippen molar-refractivity contribution in [1.82, 2.24) is 9.97 Å². The van der Waals surface area contributed by atoms with E-state index >= 15 is 0 Å². The van der Waals surface area contributed by atoms with Crippen LogP contribution in [0.3, 0.4) is 0 Å². The van der Waals surface area contributed by atoms with Crippen molar-refractivity contribution in [3.8, 4) is 17.2 Å². The lowest BCUT2D eigenvalue weighted by atomic mass is 10.2. The SMILES string of the molecule is COc1cc(/C=C/c2nc3cc(OC)c(OC)cc3c(=O)[nH]2)ccc1F. The fourth-order valence-corrected chi connectivity index (χ4v) is 2.52. The molecule has 3 rings (SSSR count). The van der Waals surface area contributed by atoms with Gasteiger partial charge in [-0.25, -0.2) is 9.37 Å². The zero-order valence-corrected chi connectivity index (χ0v) is 14.5. The van der Waals surface area contributed by atoms with Crippen molar-refractivity contribution < 1.29 is 18.6 Å². The van der Waals surface area contributed by atoms with Crippen LogP contribution in [-0.2, 0) is 0 Å². The number of H-pyrrole nitrogens is 1. The number of benzene rings is 2. The van der Waals surface area contributed by atoms with Gasteiger partial charge in [-0.05, 0) is 29.8 Å². The molecular weight excluding hydrogens is 339 g/mol. The minimum Gasteiger partial charge on any atom is -0.494 e. The van der Waals surface area contributed by atoms with Crippen molar-refractivity contribution in [2.75, 3.05) is 21.3 Å². The van der Waals surface area contributed by atoms with Crippen LogP contribution in [0.25, 0.3) is 23.1 Å². The van der Waals surface area contributed by atoms with Crippen molar-refractivity contribution in [1.29, 1.82) is 0 Å². The summed E-state index contributed by atoms with van der Waals surface area (Å²) < 4.78 is 28.9. The van der Waals surface area contributed by atoms with E-state index < -0.39 is 5.82 Å². The molecule has 26 heavy (non-hydrogen) atoms. The number of aromatic amines is 1. The van der Waals surface area contributed by atoms with Crippen LogP contribution in [0.2, 0.25) is 0 Å². The van der Waals surface area contributed by atoms with Crippen molar-refractivity contribution in [2.45, 2.75) is 0 Å². The molecule has 6 nitrogen and oxygen atoms in total. The van der Waals surface area contributed by atoms with Crippen LogP contribution < -0.4 is 19.8 Å². The van der Waals surface area contributed by atoms with Gasteiger partial charge >= 0.3 is 0 Å². The molecule has 0 aliphatic rings. The predicted octanol–water partition coefficient (Wildman–Crippen LogP) is 3.26. The van der Waals surface area contributed by atoms with Crippen LogP contribution in [0.5, 0.6) is 17.2 Å². The predicted molar refractivity (Wildman–Crippen MR) is 97.3 cm³/mol. The molecule has 0 spiro atoms. The fourth-order valence-electron chi connectivity index (χ4n) is 2.52. The van der Waals surface area contributed by atoms with Gasteiger partial charge in [-0.3, -0.25) is 4.79 Å². The van der Waals surface area contributed by atoms with E-state index in [1.54, 1.807) is 36.4 Å². The first-order valence-electron chi connectivity index (χ1n) is 7.73. The number of nitrogens with one attached hydrogen (secondary N) is 1. The smallest absolute Gasteiger partial charge is 0.259 e. The standard InChI is InChI=1S/C19H17FN2O4/c1-24-15-8-11(4-6-13(15)20)5-7-18-21-14-10-17(26-3)16(25-2)9-12(14)19(23)22-18/h4-10H,1-3H3,(H,21,22,23)/b7-5+. The Morgan fingerprint density at radius 1 is 0.962 bits per heavy atom. The summed E-state index contributed by atoms with van der Waals surface area (Å²) in [4.78, 5) is 19.4. The van der Waals surface area contributed by atoms with E-state index in [1.165, 1.54) is 27.4 Å². The first kappa shape index (κ1) is 17.5. The summed E-state index contributed by atoms with van der Waals surface area (Å²) in [7, 11) is 4.41. The first-order chi connectivity index (χ1) is 12.5. The van der Waals surface area contributed by atoms with Gasteiger partial charge in [0.2, 0.25) is 0 Å². The average molecular weight is 356 g/mol. The molecule has 1 heterocycles. The summed E-state index contributed by atoms with van der Waals surface area (Å²) in [5.41, 5.74) is 0.883. The van der Waals surface area contributed by atoms with Gasteiger partial charge in [-0.1, -0.05) is 12.1 Å². The molecule has 1 N–H and O–H groups in total. The third-order valence-corrected chi connectivity index (χ3v) is 3.84. The van der Waals surface area contributed by atoms with Crippen molar-refractivity contribution in [2.24, 2.45) is 0 Å². The van der Waals surface area contributed by atoms with E-state index in [1.807, 2.05) is 0 Å². The molecular formula is C19H17FN2O4. The molecule has 0 bridgehead atoms. The topological polar surface area (TPSA) is 73.4 Å². The molecule has 0 saturated heterocycles. The number of aromatic nitrogens is 2. The molecule has 0 unspecified atom stereocenters. The molecule has 2 aromatic carbocycles. The maximum Gasteiger partial charge on any atom is 0.259 e. The second-order valence-electron chi connectivity index (χ2n) is 5.40. The van der Waals surface area contributed by atoms with Gasteiger partial charge in [0.05, 0.1) is 32.2 Å². The van der Waals surface area contributed by atoms with Gasteiger partial charge < -0.3 is 19.2 Å². The van der Waals surface area contributed by atoms with Gasteiger partial charge in [-0.2, -0.15) is 0 Å². The number of hydrogen-bond acceptors (Lipinski definition) is 5. The summed E-state index contributed by atoms with van der Waals surface area (Å²) >= 11 is 0. The fraction of sp³-hybridized carbons (Fsp3) is 0.158. The molecule has 0 radical (unpaired) electrons. The van der Waals surface area contributed by atoms with Crippen molar-refractivity contribution in [3.05, 3.63) is 57.9 Å². The summed E-state index contributed by atoms with van der Waals surface area (Å²) in [5.74, 6) is 0.996. The van der Waals surface area contributed by atoms with E-state index in [4.69, 9.17) is 14.2 Å². The highest BCUT2D eigenvalue weighted by atomic mass is 19.1. The highest BCUT2D eigenvalue weighted by Gasteiger charge is 2.10. The number of fused-ring (bicyclic) bond motifs is 1. The minimum atomic E-state index is -0.442. The van der Waals surface area contributed by atoms with Gasteiger partial charge in [0.1, 0.15) is 5.82 Å². The maximum absolute atomic E-state index is 13.5. The summed E-state index contributed by atoms with van der Waals surface area (Å²) in [6.07, 6.45) is 3.33. The molecule has 134 valence electrons. The molecule has 7 heteroatoms. The Labute approximate surface area is 148 Å². The minimum absolute atomic E-state index is 0.143. The summed E-state index contributed by atoms with van der Waals surface area (Å²) in [5, 5.41) is 0.392. The Morgan fingerprint density at radius 3 is 2.35 bits per heavy atom. The molecule has 0 amide bonds. The lowest BCUT2D eigenvalue weighted by Gasteiger charge is -2.08. The lowest BCUT2D eigenvalue weighted by Crippen LogP contribution is -2.10. The molecule has 0 aliphatic heterocycles. The lowest BCUT2D eigenvalue weighted by molar-refractivity contribution is 0.355. The quantitative estimate of drug-likeness (QED) is 0.760. The number of rotatable bonds is 5. The van der Waals surface area contributed by atoms with Crippen molar-refractivity contribution in [3.63, 3.8) is 0 Å². The maximum atomic E-state index is 13.5. The van der Waals surface area contributed by atoms with E-state index in [9.17, 15) is 9.18 Å². The van der Waals surface area contributed by atoms with Crippen LogP contribution in [0.4, 0.5) is 4.39 Å². The van der Waals surface area contributed by atoms with Gasteiger partial charge in [0.15, 0.2) is 23.1 Å². The Hall–Kier alpha value is -3.35. The van der Waals surface area contributed by atoms with Crippen LogP contribution >= 0.6 is 0 Å². The zero-order valence-electron chi connectivity index (χ0n) is 14.5. The van der Waals surface area contributed by atoms with E-state index in [0.29, 0.717) is 33.8 Å². The summed E-state index contributed by atoms with van der Waals surface area (Å²) in [6.45, 7) is 0. The van der Waals surface area contributed by atoms with Crippen LogP contribution in [0.1, 0.15) is 11.4 Å². The highest BCUT2D eigenvalue weighted by Crippen LogP contribution is 2.30. The number of halogens is 1. The van der Waals surface area contributed by atoms with Crippen LogP contribution in [0, 0.1) is 5.82 Å². The second kappa shape index (κ2) is 7.26. The van der Waals surface area contributed by atoms with Crippen molar-refractivity contribution >= 4 is 23.1 Å². The zero-order chi connectivity index (χ0) is 18.7. The van der Waals surface area contributed by atoms with Crippen LogP contribution in [-0.4, -0.2) is 31.3 Å². The first-order valence-corrected chi connectivity index (χ1v) is 7.73. The number of hydrogen-bond donors (Lipinski definition) is 1. The second-order valence-corrected chi connectivity index (χ2v) is 5.40. The van der Waals surface area contributed by atoms with Gasteiger partial charge in [0.25, 0.3) is 5.56 Å². The van der Waals surface area contributed by atoms with E-state index in [2.05, 4.69) is 9.97 Å². The Bertz CT molecular complexity index is 1040. The Balaban J connectivity index is 2.02. The molecule has 0 fully saturated rings. The Morgan fingerprint density at radius 2 is 1.65 bits per heavy atom. The third kappa shape index (κ3) is 3.37. The third-order valence-electron chi connectivity index (χ3n) is 3.84. The largest absolute Gasteiger partial charge is 0.494 e. The van der Waals surface area contributed by atoms with Crippen LogP contribution in [0.15, 0.2) is 35.1 Å². The average Bonchev–Trinajstić information content (AvgIpc) is 2.66. The molecule has 0 aliphatic carbocycles. The monoisotopic (exact) mass is 356 g/mol. The van der Waals surface area contributed by atoms with E-state index in [0.717, 1.165) is 0 Å². The molecule has 3 aromatic rings.